The van der Waals surface area contributed by atoms with E-state index in [2.05, 4.69) is 0 Å². The van der Waals surface area contributed by atoms with Crippen molar-refractivity contribution in [2.75, 3.05) is 13.2 Å². The van der Waals surface area contributed by atoms with E-state index in [1.807, 2.05) is 0 Å². The number of carbonyl (C=O) groups is 1. The first-order valence-electron chi connectivity index (χ1n) is 3.79. The highest BCUT2D eigenvalue weighted by atomic mass is 16.4. The van der Waals surface area contributed by atoms with Gasteiger partial charge in [-0.1, -0.05) is 0 Å². The maximum absolute atomic E-state index is 10.2. The summed E-state index contributed by atoms with van der Waals surface area (Å²) in [5, 5.41) is 44.1. The highest BCUT2D eigenvalue weighted by Gasteiger charge is 2.30. The number of carbonyl (C=O) groups excluding carboxylic acids is 1. The maximum atomic E-state index is 10.2. The molecule has 13 heavy (non-hydrogen) atoms. The summed E-state index contributed by atoms with van der Waals surface area (Å²) in [6.07, 6.45) is -4.47. The second kappa shape index (κ2) is 6.01. The molecule has 4 atom stereocenters. The van der Waals surface area contributed by atoms with Gasteiger partial charge in [0.2, 0.25) is 0 Å². The smallest absolute Gasteiger partial charge is 0.128 e. The predicted octanol–water partition coefficient (Wildman–Crippen LogP) is -3.13. The zero-order chi connectivity index (χ0) is 10.4. The predicted molar refractivity (Wildman–Crippen MR) is 41.7 cm³/mol. The summed E-state index contributed by atoms with van der Waals surface area (Å²) in [6, 6.07) is 0. The summed E-state index contributed by atoms with van der Waals surface area (Å²) in [7, 11) is 0. The summed E-state index contributed by atoms with van der Waals surface area (Å²) in [5.41, 5.74) is 0. The lowest BCUT2D eigenvalue weighted by Gasteiger charge is -2.24. The summed E-state index contributed by atoms with van der Waals surface area (Å²) < 4.78 is 0. The fraction of sp³-hybridized carbons (Fsp3) is 0.857. The number of aldehydes is 1. The van der Waals surface area contributed by atoms with Gasteiger partial charge in [-0.2, -0.15) is 0 Å². The van der Waals surface area contributed by atoms with Crippen molar-refractivity contribution in [3.8, 4) is 0 Å². The van der Waals surface area contributed by atoms with Crippen LogP contribution in [-0.4, -0.2) is 63.3 Å². The molecule has 0 radical (unpaired) electrons. The molecular weight excluding hydrogens is 180 g/mol. The number of aliphatic hydroxyl groups excluding tert-OH is 5. The molecule has 0 aliphatic rings. The fourth-order valence-electron chi connectivity index (χ4n) is 0.820. The van der Waals surface area contributed by atoms with Gasteiger partial charge in [0.25, 0.3) is 0 Å². The fourth-order valence-corrected chi connectivity index (χ4v) is 0.820. The molecule has 0 aromatic heterocycles. The van der Waals surface area contributed by atoms with Crippen LogP contribution in [0.1, 0.15) is 0 Å². The third-order valence-electron chi connectivity index (χ3n) is 1.76. The monoisotopic (exact) mass is 194 g/mol. The lowest BCUT2D eigenvalue weighted by molar-refractivity contribution is -0.128. The molecular formula is C7H14O6. The van der Waals surface area contributed by atoms with E-state index < -0.39 is 37.4 Å². The second-order valence-electron chi connectivity index (χ2n) is 2.71. The third kappa shape index (κ3) is 3.37. The first-order chi connectivity index (χ1) is 6.08. The van der Waals surface area contributed by atoms with E-state index in [9.17, 15) is 4.79 Å². The molecule has 0 heterocycles. The van der Waals surface area contributed by atoms with Crippen LogP contribution in [0.5, 0.6) is 0 Å². The van der Waals surface area contributed by atoms with Crippen LogP contribution in [0.15, 0.2) is 0 Å². The Bertz CT molecular complexity index is 150. The third-order valence-corrected chi connectivity index (χ3v) is 1.76. The molecule has 0 saturated heterocycles. The van der Waals surface area contributed by atoms with E-state index in [0.29, 0.717) is 0 Å². The average molecular weight is 194 g/mol. The highest BCUT2D eigenvalue weighted by Crippen LogP contribution is 2.08. The average Bonchev–Trinajstić information content (AvgIpc) is 2.17. The van der Waals surface area contributed by atoms with Crippen molar-refractivity contribution < 1.29 is 30.3 Å². The molecule has 0 fully saturated rings. The van der Waals surface area contributed by atoms with Crippen LogP contribution in [0, 0.1) is 5.92 Å². The number of aliphatic hydroxyl groups is 5. The summed E-state index contributed by atoms with van der Waals surface area (Å²) in [6.45, 7) is -1.35. The molecule has 6 nitrogen and oxygen atoms in total. The minimum absolute atomic E-state index is 0.276. The van der Waals surface area contributed by atoms with Crippen LogP contribution in [0.2, 0.25) is 0 Å². The van der Waals surface area contributed by atoms with Gasteiger partial charge in [-0.05, 0) is 0 Å². The molecule has 6 heteroatoms. The highest BCUT2D eigenvalue weighted by molar-refractivity contribution is 5.54. The first kappa shape index (κ1) is 12.5. The maximum Gasteiger partial charge on any atom is 0.128 e. The molecule has 0 saturated carbocycles. The van der Waals surface area contributed by atoms with E-state index >= 15 is 0 Å². The molecule has 0 unspecified atom stereocenters. The van der Waals surface area contributed by atoms with Crippen LogP contribution in [0.3, 0.4) is 0 Å². The molecule has 0 rings (SSSR count). The molecule has 0 aromatic rings. The van der Waals surface area contributed by atoms with Gasteiger partial charge in [-0.3, -0.25) is 0 Å². The molecule has 0 amide bonds. The lowest BCUT2D eigenvalue weighted by Crippen LogP contribution is -2.44. The van der Waals surface area contributed by atoms with Crippen molar-refractivity contribution in [1.82, 2.24) is 0 Å². The van der Waals surface area contributed by atoms with Crippen molar-refractivity contribution in [2.45, 2.75) is 18.3 Å². The number of hydrogen-bond donors (Lipinski definition) is 5. The van der Waals surface area contributed by atoms with Crippen LogP contribution in [-0.2, 0) is 4.79 Å². The Morgan fingerprint density at radius 1 is 1.00 bits per heavy atom. The summed E-state index contributed by atoms with van der Waals surface area (Å²) in [5.74, 6) is -1.16. The Balaban J connectivity index is 4.21. The Hall–Kier alpha value is -0.530. The zero-order valence-electron chi connectivity index (χ0n) is 6.95. The van der Waals surface area contributed by atoms with Crippen LogP contribution in [0.25, 0.3) is 0 Å². The van der Waals surface area contributed by atoms with Gasteiger partial charge in [0.15, 0.2) is 0 Å². The second-order valence-corrected chi connectivity index (χ2v) is 2.71. The van der Waals surface area contributed by atoms with Crippen LogP contribution < -0.4 is 0 Å². The van der Waals surface area contributed by atoms with E-state index in [1.54, 1.807) is 0 Å². The molecule has 0 bridgehead atoms. The minimum atomic E-state index is -1.65. The van der Waals surface area contributed by atoms with Gasteiger partial charge in [0, 0.05) is 0 Å². The number of hydrogen-bond acceptors (Lipinski definition) is 6. The van der Waals surface area contributed by atoms with Crippen molar-refractivity contribution in [3.63, 3.8) is 0 Å². The Kier molecular flexibility index (Phi) is 5.76. The molecule has 0 spiro atoms. The Labute approximate surface area is 75.1 Å². The van der Waals surface area contributed by atoms with Crippen molar-refractivity contribution in [3.05, 3.63) is 0 Å². The first-order valence-corrected chi connectivity index (χ1v) is 3.79. The topological polar surface area (TPSA) is 118 Å². The van der Waals surface area contributed by atoms with E-state index in [-0.39, 0.29) is 6.29 Å². The molecule has 78 valence electrons. The molecule has 0 aromatic carbocycles. The standard InChI is InChI=1S/C7H14O6/c8-1-4(2-9)6(12)7(13)5(11)3-10/h1,4-7,9-13H,2-3H2/t4-,5+,6+,7+/m0/s1. The van der Waals surface area contributed by atoms with E-state index in [4.69, 9.17) is 25.5 Å². The quantitative estimate of drug-likeness (QED) is 0.285. The Morgan fingerprint density at radius 2 is 1.54 bits per heavy atom. The van der Waals surface area contributed by atoms with Gasteiger partial charge in [-0.15, -0.1) is 0 Å². The molecule has 0 aliphatic heterocycles. The van der Waals surface area contributed by atoms with Gasteiger partial charge in [0.05, 0.1) is 25.2 Å². The number of rotatable bonds is 6. The van der Waals surface area contributed by atoms with Crippen molar-refractivity contribution in [1.29, 1.82) is 0 Å². The zero-order valence-corrected chi connectivity index (χ0v) is 6.95. The van der Waals surface area contributed by atoms with E-state index in [1.165, 1.54) is 0 Å². The van der Waals surface area contributed by atoms with Crippen LogP contribution >= 0.6 is 0 Å². The van der Waals surface area contributed by atoms with Crippen LogP contribution in [0.4, 0.5) is 0 Å². The lowest BCUT2D eigenvalue weighted by atomic mass is 9.97. The van der Waals surface area contributed by atoms with Gasteiger partial charge in [-0.25, -0.2) is 0 Å². The largest absolute Gasteiger partial charge is 0.396 e. The van der Waals surface area contributed by atoms with Crippen molar-refractivity contribution >= 4 is 6.29 Å². The van der Waals surface area contributed by atoms with E-state index in [0.717, 1.165) is 0 Å². The molecule has 0 aliphatic carbocycles. The normalized spacial score (nSPS) is 20.4. The molecule has 5 N–H and O–H groups in total. The Morgan fingerprint density at radius 3 is 1.85 bits per heavy atom. The van der Waals surface area contributed by atoms with Gasteiger partial charge < -0.3 is 30.3 Å². The van der Waals surface area contributed by atoms with Gasteiger partial charge in [0.1, 0.15) is 18.5 Å². The SMILES string of the molecule is O=C[C@@H](CO)[C@@H](O)[C@H](O)[C@H](O)CO. The van der Waals surface area contributed by atoms with Crippen molar-refractivity contribution in [2.24, 2.45) is 5.92 Å². The minimum Gasteiger partial charge on any atom is -0.396 e. The summed E-state index contributed by atoms with van der Waals surface area (Å²) in [4.78, 5) is 10.2. The summed E-state index contributed by atoms with van der Waals surface area (Å²) >= 11 is 0. The van der Waals surface area contributed by atoms with Gasteiger partial charge >= 0.3 is 0 Å².